The number of aryl methyl sites for hydroxylation is 2. The zero-order chi connectivity index (χ0) is 14.7. The van der Waals surface area contributed by atoms with Gasteiger partial charge >= 0.3 is 0 Å². The average molecular weight is 342 g/mol. The molecule has 1 saturated carbocycles. The van der Waals surface area contributed by atoms with E-state index in [2.05, 4.69) is 58.8 Å². The Morgan fingerprint density at radius 1 is 1.40 bits per heavy atom. The summed E-state index contributed by atoms with van der Waals surface area (Å²) in [6.07, 6.45) is 6.08. The standard InChI is InChI=1S/C16H28BrN3/c1-5-9-18-14(11(3)12-7-8-12)10-15-16(17)13(6-2)19-20(15)4/h11-12,14,18H,5-10H2,1-4H3. The van der Waals surface area contributed by atoms with E-state index >= 15 is 0 Å². The molecule has 0 aromatic carbocycles. The minimum Gasteiger partial charge on any atom is -0.313 e. The summed E-state index contributed by atoms with van der Waals surface area (Å²) in [5.41, 5.74) is 2.51. The normalized spacial score (nSPS) is 18.2. The molecule has 20 heavy (non-hydrogen) atoms. The molecule has 3 nitrogen and oxygen atoms in total. The first-order valence-corrected chi connectivity index (χ1v) is 8.81. The lowest BCUT2D eigenvalue weighted by atomic mass is 9.92. The molecule has 0 spiro atoms. The summed E-state index contributed by atoms with van der Waals surface area (Å²) in [5.74, 6) is 1.69. The Bertz CT molecular complexity index is 437. The van der Waals surface area contributed by atoms with Crippen LogP contribution in [-0.2, 0) is 19.9 Å². The fourth-order valence-electron chi connectivity index (χ4n) is 2.97. The van der Waals surface area contributed by atoms with Crippen molar-refractivity contribution in [2.45, 2.75) is 58.9 Å². The highest BCUT2D eigenvalue weighted by atomic mass is 79.9. The van der Waals surface area contributed by atoms with E-state index < -0.39 is 0 Å². The molecule has 2 rings (SSSR count). The molecule has 1 aliphatic rings. The van der Waals surface area contributed by atoms with E-state index in [1.165, 1.54) is 35.1 Å². The van der Waals surface area contributed by atoms with Gasteiger partial charge in [0.25, 0.3) is 0 Å². The van der Waals surface area contributed by atoms with Gasteiger partial charge in [0, 0.05) is 19.5 Å². The second-order valence-electron chi connectivity index (χ2n) is 6.15. The Kier molecular flexibility index (Phi) is 5.67. The number of halogens is 1. The maximum Gasteiger partial charge on any atom is 0.0766 e. The van der Waals surface area contributed by atoms with Crippen LogP contribution in [0.1, 0.15) is 51.4 Å². The van der Waals surface area contributed by atoms with Crippen LogP contribution >= 0.6 is 15.9 Å². The third-order valence-electron chi connectivity index (χ3n) is 4.57. The number of nitrogens with one attached hydrogen (secondary N) is 1. The van der Waals surface area contributed by atoms with Crippen LogP contribution in [0, 0.1) is 11.8 Å². The Hall–Kier alpha value is -0.350. The van der Waals surface area contributed by atoms with Crippen LogP contribution in [0.15, 0.2) is 4.47 Å². The SMILES string of the molecule is CCCNC(Cc1c(Br)c(CC)nn1C)C(C)C1CC1. The van der Waals surface area contributed by atoms with Crippen LogP contribution in [0.3, 0.4) is 0 Å². The molecule has 4 heteroatoms. The van der Waals surface area contributed by atoms with Crippen molar-refractivity contribution in [1.82, 2.24) is 15.1 Å². The van der Waals surface area contributed by atoms with E-state index in [9.17, 15) is 0 Å². The summed E-state index contributed by atoms with van der Waals surface area (Å²) in [5, 5.41) is 8.38. The monoisotopic (exact) mass is 341 g/mol. The molecule has 1 aromatic rings. The minimum absolute atomic E-state index is 0.568. The van der Waals surface area contributed by atoms with Gasteiger partial charge in [-0.1, -0.05) is 20.8 Å². The van der Waals surface area contributed by atoms with E-state index in [4.69, 9.17) is 0 Å². The highest BCUT2D eigenvalue weighted by Gasteiger charge is 2.33. The number of hydrogen-bond donors (Lipinski definition) is 1. The van der Waals surface area contributed by atoms with E-state index in [0.717, 1.165) is 31.2 Å². The van der Waals surface area contributed by atoms with Gasteiger partial charge in [-0.3, -0.25) is 4.68 Å². The maximum atomic E-state index is 4.62. The van der Waals surface area contributed by atoms with Crippen molar-refractivity contribution in [2.75, 3.05) is 6.54 Å². The van der Waals surface area contributed by atoms with Crippen LogP contribution in [0.5, 0.6) is 0 Å². The smallest absolute Gasteiger partial charge is 0.0766 e. The molecule has 2 atom stereocenters. The minimum atomic E-state index is 0.568. The maximum absolute atomic E-state index is 4.62. The molecule has 1 aromatic heterocycles. The lowest BCUT2D eigenvalue weighted by Crippen LogP contribution is -2.38. The van der Waals surface area contributed by atoms with Gasteiger partial charge in [0.1, 0.15) is 0 Å². The van der Waals surface area contributed by atoms with Gasteiger partial charge < -0.3 is 5.32 Å². The summed E-state index contributed by atoms with van der Waals surface area (Å²) in [6.45, 7) is 7.92. The molecule has 1 fully saturated rings. The van der Waals surface area contributed by atoms with Crippen LogP contribution in [0.25, 0.3) is 0 Å². The zero-order valence-corrected chi connectivity index (χ0v) is 14.8. The third-order valence-corrected chi connectivity index (χ3v) is 5.49. The molecule has 2 unspecified atom stereocenters. The molecule has 0 saturated heterocycles. The topological polar surface area (TPSA) is 29.9 Å². The van der Waals surface area contributed by atoms with Gasteiger partial charge in [0.05, 0.1) is 15.9 Å². The van der Waals surface area contributed by atoms with Crippen molar-refractivity contribution in [3.05, 3.63) is 15.9 Å². The molecule has 0 amide bonds. The van der Waals surface area contributed by atoms with Crippen molar-refractivity contribution in [3.8, 4) is 0 Å². The predicted molar refractivity (Wildman–Crippen MR) is 88.0 cm³/mol. The molecule has 114 valence electrons. The highest BCUT2D eigenvalue weighted by Crippen LogP contribution is 2.39. The third kappa shape index (κ3) is 3.64. The fraction of sp³-hybridized carbons (Fsp3) is 0.812. The first-order valence-electron chi connectivity index (χ1n) is 8.02. The Balaban J connectivity index is 2.11. The number of aromatic nitrogens is 2. The first kappa shape index (κ1) is 16.0. The van der Waals surface area contributed by atoms with E-state index in [1.54, 1.807) is 0 Å². The molecular formula is C16H28BrN3. The first-order chi connectivity index (χ1) is 9.58. The van der Waals surface area contributed by atoms with Crippen molar-refractivity contribution in [1.29, 1.82) is 0 Å². The summed E-state index contributed by atoms with van der Waals surface area (Å²) in [4.78, 5) is 0. The van der Waals surface area contributed by atoms with E-state index in [1.807, 2.05) is 0 Å². The lowest BCUT2D eigenvalue weighted by Gasteiger charge is -2.25. The summed E-state index contributed by atoms with van der Waals surface area (Å²) < 4.78 is 3.28. The Morgan fingerprint density at radius 2 is 2.10 bits per heavy atom. The second kappa shape index (κ2) is 7.08. The predicted octanol–water partition coefficient (Wildman–Crippen LogP) is 3.70. The van der Waals surface area contributed by atoms with Crippen LogP contribution in [-0.4, -0.2) is 22.4 Å². The molecular weight excluding hydrogens is 314 g/mol. The van der Waals surface area contributed by atoms with E-state index in [-0.39, 0.29) is 0 Å². The summed E-state index contributed by atoms with van der Waals surface area (Å²) >= 11 is 3.75. The van der Waals surface area contributed by atoms with Crippen LogP contribution in [0.4, 0.5) is 0 Å². The second-order valence-corrected chi connectivity index (χ2v) is 6.94. The molecule has 0 aliphatic heterocycles. The summed E-state index contributed by atoms with van der Waals surface area (Å²) in [6, 6.07) is 0.568. The van der Waals surface area contributed by atoms with E-state index in [0.29, 0.717) is 6.04 Å². The van der Waals surface area contributed by atoms with Gasteiger partial charge in [0.15, 0.2) is 0 Å². The van der Waals surface area contributed by atoms with Gasteiger partial charge in [-0.2, -0.15) is 5.10 Å². The van der Waals surface area contributed by atoms with Crippen LogP contribution < -0.4 is 5.32 Å². The largest absolute Gasteiger partial charge is 0.313 e. The number of hydrogen-bond acceptors (Lipinski definition) is 2. The summed E-state index contributed by atoms with van der Waals surface area (Å²) in [7, 11) is 2.07. The van der Waals surface area contributed by atoms with Crippen molar-refractivity contribution in [3.63, 3.8) is 0 Å². The molecule has 0 bridgehead atoms. The van der Waals surface area contributed by atoms with Crippen molar-refractivity contribution in [2.24, 2.45) is 18.9 Å². The fourth-order valence-corrected chi connectivity index (χ4v) is 3.75. The average Bonchev–Trinajstić information content (AvgIpc) is 3.24. The lowest BCUT2D eigenvalue weighted by molar-refractivity contribution is 0.334. The van der Waals surface area contributed by atoms with Gasteiger partial charge in [-0.05, 0) is 60.0 Å². The number of nitrogens with zero attached hydrogens (tertiary/aromatic N) is 2. The van der Waals surface area contributed by atoms with Crippen molar-refractivity contribution >= 4 is 15.9 Å². The number of rotatable bonds is 8. The quantitative estimate of drug-likeness (QED) is 0.781. The van der Waals surface area contributed by atoms with Gasteiger partial charge in [-0.15, -0.1) is 0 Å². The Morgan fingerprint density at radius 3 is 2.60 bits per heavy atom. The van der Waals surface area contributed by atoms with Gasteiger partial charge in [0.2, 0.25) is 0 Å². The van der Waals surface area contributed by atoms with Gasteiger partial charge in [-0.25, -0.2) is 0 Å². The zero-order valence-electron chi connectivity index (χ0n) is 13.2. The molecule has 0 radical (unpaired) electrons. The van der Waals surface area contributed by atoms with Crippen molar-refractivity contribution < 1.29 is 0 Å². The highest BCUT2D eigenvalue weighted by molar-refractivity contribution is 9.10. The Labute approximate surface area is 131 Å². The molecule has 1 aliphatic carbocycles. The molecule has 1 N–H and O–H groups in total. The van der Waals surface area contributed by atoms with Crippen LogP contribution in [0.2, 0.25) is 0 Å². The molecule has 1 heterocycles.